The van der Waals surface area contributed by atoms with E-state index >= 15 is 0 Å². The summed E-state index contributed by atoms with van der Waals surface area (Å²) in [5, 5.41) is 10.0. The summed E-state index contributed by atoms with van der Waals surface area (Å²) in [5.41, 5.74) is -1.81. The molecule has 4 rings (SSSR count). The molecule has 244 valence electrons. The minimum atomic E-state index is -4.58. The molecule has 4 heterocycles. The number of halogens is 7. The van der Waals surface area contributed by atoms with E-state index in [9.17, 15) is 35.9 Å². The Bertz CT molecular complexity index is 1530. The number of nitrogens with zero attached hydrogens (tertiary/aromatic N) is 7. The van der Waals surface area contributed by atoms with Crippen molar-refractivity contribution in [2.24, 2.45) is 0 Å². The fraction of sp³-hybridized carbons (Fsp3) is 0.333. The highest BCUT2D eigenvalue weighted by molar-refractivity contribution is 6.29. The molecular formula is C24H23ClF6N8O6. The maximum atomic E-state index is 12.4. The number of esters is 2. The van der Waals surface area contributed by atoms with E-state index in [0.29, 0.717) is 30.4 Å². The van der Waals surface area contributed by atoms with Crippen molar-refractivity contribution < 1.29 is 54.9 Å². The Morgan fingerprint density at radius 1 is 0.800 bits per heavy atom. The lowest BCUT2D eigenvalue weighted by atomic mass is 10.3. The molecule has 0 aliphatic heterocycles. The third-order valence-corrected chi connectivity index (χ3v) is 4.94. The third kappa shape index (κ3) is 10.6. The van der Waals surface area contributed by atoms with Gasteiger partial charge in [0.05, 0.1) is 64.6 Å². The monoisotopic (exact) mass is 668 g/mol. The van der Waals surface area contributed by atoms with E-state index in [0.717, 1.165) is 17.1 Å². The van der Waals surface area contributed by atoms with E-state index in [-0.39, 0.29) is 29.0 Å². The topological polar surface area (TPSA) is 169 Å². The van der Waals surface area contributed by atoms with Crippen LogP contribution in [-0.4, -0.2) is 79.3 Å². The molecule has 0 aliphatic carbocycles. The molecule has 0 spiro atoms. The summed E-state index contributed by atoms with van der Waals surface area (Å²) in [7, 11) is 2.75. The van der Waals surface area contributed by atoms with Gasteiger partial charge >= 0.3 is 24.3 Å². The lowest BCUT2D eigenvalue weighted by Crippen LogP contribution is -2.10. The molecular weight excluding hydrogens is 646 g/mol. The van der Waals surface area contributed by atoms with Crippen molar-refractivity contribution in [1.82, 2.24) is 39.9 Å². The van der Waals surface area contributed by atoms with Gasteiger partial charge in [0, 0.05) is 0 Å². The minimum absolute atomic E-state index is 0.00171. The average molecular weight is 669 g/mol. The van der Waals surface area contributed by atoms with Gasteiger partial charge in [-0.15, -0.1) is 5.10 Å². The highest BCUT2D eigenvalue weighted by atomic mass is 35.5. The number of aromatic nitrogens is 8. The van der Waals surface area contributed by atoms with Crippen molar-refractivity contribution in [2.45, 2.75) is 26.2 Å². The number of H-pyrrole nitrogens is 1. The zero-order valence-corrected chi connectivity index (χ0v) is 24.4. The second-order valence-corrected chi connectivity index (χ2v) is 8.12. The lowest BCUT2D eigenvalue weighted by molar-refractivity contribution is -0.142. The molecule has 0 fully saturated rings. The number of hydrogen-bond donors (Lipinski definition) is 1. The van der Waals surface area contributed by atoms with Crippen LogP contribution in [0.1, 0.15) is 46.0 Å². The number of rotatable bonds is 7. The van der Waals surface area contributed by atoms with Gasteiger partial charge < -0.3 is 18.9 Å². The van der Waals surface area contributed by atoms with Gasteiger partial charge in [0.2, 0.25) is 11.8 Å². The van der Waals surface area contributed by atoms with E-state index in [1.165, 1.54) is 26.6 Å². The number of carbonyl (C=O) groups is 2. The fourth-order valence-corrected chi connectivity index (χ4v) is 2.90. The van der Waals surface area contributed by atoms with Crippen LogP contribution in [0.15, 0.2) is 37.2 Å². The molecule has 0 atom stereocenters. The zero-order chi connectivity index (χ0) is 33.8. The van der Waals surface area contributed by atoms with Crippen LogP contribution in [0.5, 0.6) is 11.8 Å². The number of ether oxygens (including phenoxy) is 4. The van der Waals surface area contributed by atoms with Crippen molar-refractivity contribution in [3.8, 4) is 17.6 Å². The summed E-state index contributed by atoms with van der Waals surface area (Å²) in [5.74, 6) is -0.788. The molecule has 4 aromatic heterocycles. The maximum Gasteiger partial charge on any atom is 0.434 e. The standard InChI is InChI=1S/C12H11F3N4O3.C7H10N2O3.C5H2ClF3N2/c1-3-22-11(20)7-6-19(18-10(7)21-2)9-5-16-8(4-17-9)12(13,14)15;1-3-12-7(10)5-4-8-9-6(5)11-2;6-4-2-10-3(1-11-4)5(7,8)9/h4-6H,3H2,1-2H3;4H,3H2,1-2H3,(H,8,9);1-2H. The molecule has 0 radical (unpaired) electrons. The van der Waals surface area contributed by atoms with Crippen LogP contribution >= 0.6 is 11.6 Å². The highest BCUT2D eigenvalue weighted by Gasteiger charge is 2.33. The van der Waals surface area contributed by atoms with Crippen LogP contribution in [0, 0.1) is 0 Å². The Balaban J connectivity index is 0.000000259. The van der Waals surface area contributed by atoms with Gasteiger partial charge in [0.1, 0.15) is 16.3 Å². The molecule has 14 nitrogen and oxygen atoms in total. The zero-order valence-electron chi connectivity index (χ0n) is 23.6. The summed E-state index contributed by atoms with van der Waals surface area (Å²) in [6, 6.07) is 0. The Labute approximate surface area is 254 Å². The smallest absolute Gasteiger partial charge is 0.434 e. The van der Waals surface area contributed by atoms with Crippen molar-refractivity contribution in [1.29, 1.82) is 0 Å². The normalized spacial score (nSPS) is 10.9. The Hall–Kier alpha value is -5.01. The molecule has 0 amide bonds. The molecule has 0 saturated heterocycles. The van der Waals surface area contributed by atoms with Crippen LogP contribution in [-0.2, 0) is 21.8 Å². The second-order valence-electron chi connectivity index (χ2n) is 7.73. The molecule has 0 aromatic carbocycles. The largest absolute Gasteiger partial charge is 0.481 e. The SMILES string of the molecule is CCOC(=O)c1cn(-c2cnc(C(F)(F)F)cn2)nc1OC.CCOC(=O)c1cn[nH]c1OC.FC(F)(F)c1cnc(Cl)cn1. The molecule has 21 heteroatoms. The van der Waals surface area contributed by atoms with Crippen molar-refractivity contribution in [3.63, 3.8) is 0 Å². The van der Waals surface area contributed by atoms with E-state index in [2.05, 4.69) is 35.2 Å². The number of nitrogens with one attached hydrogen (secondary N) is 1. The molecule has 0 aliphatic rings. The first-order valence-corrected chi connectivity index (χ1v) is 12.5. The predicted octanol–water partition coefficient (Wildman–Crippen LogP) is 4.61. The summed E-state index contributed by atoms with van der Waals surface area (Å²) >= 11 is 5.22. The van der Waals surface area contributed by atoms with Crippen LogP contribution in [0.3, 0.4) is 0 Å². The first-order chi connectivity index (χ1) is 21.2. The van der Waals surface area contributed by atoms with Gasteiger partial charge in [-0.2, -0.15) is 31.4 Å². The van der Waals surface area contributed by atoms with Gasteiger partial charge in [-0.1, -0.05) is 11.6 Å². The van der Waals surface area contributed by atoms with E-state index in [1.807, 2.05) is 0 Å². The van der Waals surface area contributed by atoms with Crippen LogP contribution in [0.25, 0.3) is 5.82 Å². The van der Waals surface area contributed by atoms with Crippen LogP contribution in [0.4, 0.5) is 26.3 Å². The van der Waals surface area contributed by atoms with Crippen molar-refractivity contribution >= 4 is 23.5 Å². The molecule has 1 N–H and O–H groups in total. The highest BCUT2D eigenvalue weighted by Crippen LogP contribution is 2.28. The van der Waals surface area contributed by atoms with Gasteiger partial charge in [-0.3, -0.25) is 0 Å². The Morgan fingerprint density at radius 2 is 1.36 bits per heavy atom. The third-order valence-electron chi connectivity index (χ3n) is 4.75. The first-order valence-electron chi connectivity index (χ1n) is 12.2. The molecule has 0 saturated carbocycles. The van der Waals surface area contributed by atoms with Gasteiger partial charge in [-0.05, 0) is 13.8 Å². The van der Waals surface area contributed by atoms with Crippen LogP contribution < -0.4 is 9.47 Å². The van der Waals surface area contributed by atoms with E-state index in [1.54, 1.807) is 13.8 Å². The summed E-state index contributed by atoms with van der Waals surface area (Å²) in [4.78, 5) is 36.0. The van der Waals surface area contributed by atoms with Crippen molar-refractivity contribution in [3.05, 3.63) is 64.8 Å². The molecule has 0 unspecified atom stereocenters. The molecule has 4 aromatic rings. The quantitative estimate of drug-likeness (QED) is 0.215. The summed E-state index contributed by atoms with van der Waals surface area (Å²) < 4.78 is 93.0. The number of carbonyl (C=O) groups excluding carboxylic acids is 2. The number of aromatic amines is 1. The van der Waals surface area contributed by atoms with E-state index < -0.39 is 35.7 Å². The number of methoxy groups -OCH3 is 2. The van der Waals surface area contributed by atoms with Gasteiger partial charge in [0.15, 0.2) is 17.2 Å². The second kappa shape index (κ2) is 16.2. The Morgan fingerprint density at radius 3 is 1.80 bits per heavy atom. The fourth-order valence-electron chi connectivity index (χ4n) is 2.80. The predicted molar refractivity (Wildman–Crippen MR) is 140 cm³/mol. The Kier molecular flexibility index (Phi) is 13.0. The minimum Gasteiger partial charge on any atom is -0.481 e. The maximum absolute atomic E-state index is 12.4. The molecule has 0 bridgehead atoms. The number of hydrogen-bond acceptors (Lipinski definition) is 12. The summed E-state index contributed by atoms with van der Waals surface area (Å²) in [6.07, 6.45) is -3.50. The van der Waals surface area contributed by atoms with Crippen molar-refractivity contribution in [2.75, 3.05) is 27.4 Å². The van der Waals surface area contributed by atoms with E-state index in [4.69, 9.17) is 30.5 Å². The van der Waals surface area contributed by atoms with Gasteiger partial charge in [-0.25, -0.2) is 39.3 Å². The lowest BCUT2D eigenvalue weighted by Gasteiger charge is -2.05. The molecule has 45 heavy (non-hydrogen) atoms. The van der Waals surface area contributed by atoms with Crippen LogP contribution in [0.2, 0.25) is 5.15 Å². The number of alkyl halides is 6. The first kappa shape index (κ1) is 36.2. The average Bonchev–Trinajstić information content (AvgIpc) is 3.65. The van der Waals surface area contributed by atoms with Gasteiger partial charge in [0.25, 0.3) is 0 Å². The summed E-state index contributed by atoms with van der Waals surface area (Å²) in [6.45, 7) is 3.88.